The standard InChI is InChI=1S/C9H13BrClN3O3S2/c1-2-3-6(9(12)13-15)14-19(16,17)7-4-5(11)8(10)18-7/h4,6,14-15H,2-3H2,1H3,(H2,12,13). The zero-order chi connectivity index (χ0) is 14.6. The second kappa shape index (κ2) is 6.89. The summed E-state index contributed by atoms with van der Waals surface area (Å²) in [4.78, 5) is 0. The SMILES string of the molecule is CCCC(NS(=O)(=O)c1cc(Cl)c(Br)s1)C(N)=NO. The molecule has 19 heavy (non-hydrogen) atoms. The molecule has 0 radical (unpaired) electrons. The minimum Gasteiger partial charge on any atom is -0.409 e. The summed E-state index contributed by atoms with van der Waals surface area (Å²) in [6, 6.07) is 0.591. The Balaban J connectivity index is 3.00. The predicted octanol–water partition coefficient (Wildman–Crippen LogP) is 2.36. The molecule has 1 aromatic rings. The first-order chi connectivity index (χ1) is 8.81. The van der Waals surface area contributed by atoms with E-state index < -0.39 is 16.1 Å². The third-order valence-corrected chi connectivity index (χ3v) is 6.65. The first-order valence-corrected chi connectivity index (χ1v) is 8.73. The van der Waals surface area contributed by atoms with Crippen molar-refractivity contribution in [3.05, 3.63) is 14.9 Å². The molecule has 0 saturated heterocycles. The van der Waals surface area contributed by atoms with Crippen LogP contribution in [0.3, 0.4) is 0 Å². The van der Waals surface area contributed by atoms with Crippen molar-refractivity contribution >= 4 is 54.7 Å². The van der Waals surface area contributed by atoms with Crippen molar-refractivity contribution in [2.45, 2.75) is 30.0 Å². The lowest BCUT2D eigenvalue weighted by Gasteiger charge is -2.15. The monoisotopic (exact) mass is 389 g/mol. The lowest BCUT2D eigenvalue weighted by Crippen LogP contribution is -2.44. The van der Waals surface area contributed by atoms with Gasteiger partial charge in [0.25, 0.3) is 10.0 Å². The fourth-order valence-electron chi connectivity index (χ4n) is 1.33. The summed E-state index contributed by atoms with van der Waals surface area (Å²) < 4.78 is 27.2. The number of nitrogens with one attached hydrogen (secondary N) is 1. The summed E-state index contributed by atoms with van der Waals surface area (Å²) in [5, 5.41) is 11.8. The molecule has 1 unspecified atom stereocenters. The summed E-state index contributed by atoms with van der Waals surface area (Å²) >= 11 is 9.95. The largest absolute Gasteiger partial charge is 0.409 e. The van der Waals surface area contributed by atoms with Gasteiger partial charge in [0.15, 0.2) is 5.84 Å². The summed E-state index contributed by atoms with van der Waals surface area (Å²) in [5.74, 6) is -0.174. The van der Waals surface area contributed by atoms with E-state index in [9.17, 15) is 8.42 Å². The van der Waals surface area contributed by atoms with E-state index in [1.807, 2.05) is 6.92 Å². The van der Waals surface area contributed by atoms with Crippen LogP contribution in [0.15, 0.2) is 19.2 Å². The number of rotatable bonds is 6. The highest BCUT2D eigenvalue weighted by atomic mass is 79.9. The Morgan fingerprint density at radius 1 is 1.74 bits per heavy atom. The van der Waals surface area contributed by atoms with Crippen molar-refractivity contribution < 1.29 is 13.6 Å². The molecule has 0 saturated carbocycles. The van der Waals surface area contributed by atoms with Crippen molar-refractivity contribution in [1.29, 1.82) is 0 Å². The van der Waals surface area contributed by atoms with Crippen molar-refractivity contribution in [2.75, 3.05) is 0 Å². The normalized spacial score (nSPS) is 14.6. The predicted molar refractivity (Wildman–Crippen MR) is 79.5 cm³/mol. The van der Waals surface area contributed by atoms with E-state index in [4.69, 9.17) is 22.5 Å². The summed E-state index contributed by atoms with van der Waals surface area (Å²) in [7, 11) is -3.76. The minimum atomic E-state index is -3.76. The van der Waals surface area contributed by atoms with Crippen LogP contribution in [0.2, 0.25) is 5.02 Å². The van der Waals surface area contributed by atoms with Gasteiger partial charge in [0.1, 0.15) is 4.21 Å². The number of nitrogens with two attached hydrogens (primary N) is 1. The van der Waals surface area contributed by atoms with Crippen molar-refractivity contribution in [1.82, 2.24) is 4.72 Å². The van der Waals surface area contributed by atoms with Crippen LogP contribution in [0.1, 0.15) is 19.8 Å². The van der Waals surface area contributed by atoms with Crippen LogP contribution >= 0.6 is 38.9 Å². The second-order valence-corrected chi connectivity index (χ2v) is 8.39. The van der Waals surface area contributed by atoms with Gasteiger partial charge in [0.05, 0.1) is 14.9 Å². The van der Waals surface area contributed by atoms with Crippen LogP contribution in [0.5, 0.6) is 0 Å². The third kappa shape index (κ3) is 4.32. The van der Waals surface area contributed by atoms with Gasteiger partial charge in [-0.3, -0.25) is 0 Å². The Morgan fingerprint density at radius 2 is 2.37 bits per heavy atom. The fraction of sp³-hybridized carbons (Fsp3) is 0.444. The maximum absolute atomic E-state index is 12.1. The molecule has 0 bridgehead atoms. The number of oxime groups is 1. The van der Waals surface area contributed by atoms with E-state index in [-0.39, 0.29) is 10.0 Å². The number of sulfonamides is 1. The molecular weight excluding hydrogens is 378 g/mol. The molecule has 0 aliphatic heterocycles. The smallest absolute Gasteiger partial charge is 0.250 e. The average molecular weight is 391 g/mol. The topological polar surface area (TPSA) is 105 Å². The molecule has 1 atom stereocenters. The van der Waals surface area contributed by atoms with Gasteiger partial charge in [0, 0.05) is 0 Å². The van der Waals surface area contributed by atoms with E-state index in [0.29, 0.717) is 21.7 Å². The molecule has 108 valence electrons. The van der Waals surface area contributed by atoms with Gasteiger partial charge in [0.2, 0.25) is 0 Å². The molecule has 0 aliphatic rings. The van der Waals surface area contributed by atoms with E-state index >= 15 is 0 Å². The Kier molecular flexibility index (Phi) is 6.06. The zero-order valence-corrected chi connectivity index (χ0v) is 13.9. The molecule has 1 rings (SSSR count). The number of nitrogens with zero attached hydrogens (tertiary/aromatic N) is 1. The van der Waals surface area contributed by atoms with E-state index in [2.05, 4.69) is 25.8 Å². The molecule has 1 heterocycles. The Labute approximate surface area is 128 Å². The molecule has 0 aliphatic carbocycles. The molecule has 4 N–H and O–H groups in total. The van der Waals surface area contributed by atoms with Crippen molar-refractivity contribution in [3.8, 4) is 0 Å². The maximum atomic E-state index is 12.1. The maximum Gasteiger partial charge on any atom is 0.250 e. The lowest BCUT2D eigenvalue weighted by molar-refractivity contribution is 0.315. The molecule has 10 heteroatoms. The van der Waals surface area contributed by atoms with Crippen molar-refractivity contribution in [3.63, 3.8) is 0 Å². The van der Waals surface area contributed by atoms with Crippen LogP contribution in [-0.4, -0.2) is 25.5 Å². The van der Waals surface area contributed by atoms with Gasteiger partial charge in [-0.15, -0.1) is 11.3 Å². The second-order valence-electron chi connectivity index (χ2n) is 3.67. The molecule has 0 amide bonds. The highest BCUT2D eigenvalue weighted by Crippen LogP contribution is 2.34. The molecule has 0 aromatic carbocycles. The Bertz CT molecular complexity index is 554. The first-order valence-electron chi connectivity index (χ1n) is 5.26. The van der Waals surface area contributed by atoms with Gasteiger partial charge < -0.3 is 10.9 Å². The van der Waals surface area contributed by atoms with Gasteiger partial charge in [-0.1, -0.05) is 30.1 Å². The average Bonchev–Trinajstić information content (AvgIpc) is 2.69. The van der Waals surface area contributed by atoms with Crippen LogP contribution in [0.25, 0.3) is 0 Å². The number of amidine groups is 1. The molecular formula is C9H13BrClN3O3S2. The molecule has 6 nitrogen and oxygen atoms in total. The molecule has 1 aromatic heterocycles. The molecule has 0 fully saturated rings. The number of halogens is 2. The van der Waals surface area contributed by atoms with Gasteiger partial charge in [-0.2, -0.15) is 4.72 Å². The van der Waals surface area contributed by atoms with Gasteiger partial charge >= 0.3 is 0 Å². The van der Waals surface area contributed by atoms with Gasteiger partial charge in [-0.25, -0.2) is 8.42 Å². The highest BCUT2D eigenvalue weighted by Gasteiger charge is 2.25. The first kappa shape index (κ1) is 16.7. The number of thiophene rings is 1. The van der Waals surface area contributed by atoms with E-state index in [1.54, 1.807) is 0 Å². The van der Waals surface area contributed by atoms with E-state index in [0.717, 1.165) is 11.3 Å². The van der Waals surface area contributed by atoms with Crippen LogP contribution in [0, 0.1) is 0 Å². The minimum absolute atomic E-state index is 0.0659. The summed E-state index contributed by atoms with van der Waals surface area (Å²) in [5.41, 5.74) is 5.46. The van der Waals surface area contributed by atoms with E-state index in [1.165, 1.54) is 6.07 Å². The Morgan fingerprint density at radius 3 is 2.79 bits per heavy atom. The third-order valence-electron chi connectivity index (χ3n) is 2.23. The van der Waals surface area contributed by atoms with Crippen LogP contribution in [0.4, 0.5) is 0 Å². The summed E-state index contributed by atoms with van der Waals surface area (Å²) in [6.07, 6.45) is 1.10. The number of hydrogen-bond acceptors (Lipinski definition) is 5. The lowest BCUT2D eigenvalue weighted by atomic mass is 10.2. The van der Waals surface area contributed by atoms with Crippen molar-refractivity contribution in [2.24, 2.45) is 10.9 Å². The molecule has 0 spiro atoms. The fourth-order valence-corrected chi connectivity index (χ4v) is 4.99. The number of hydrogen-bond donors (Lipinski definition) is 3. The zero-order valence-electron chi connectivity index (χ0n) is 9.93. The van der Waals surface area contributed by atoms with Crippen LogP contribution < -0.4 is 10.5 Å². The Hall–Kier alpha value is -0.350. The quantitative estimate of drug-likeness (QED) is 0.300. The summed E-state index contributed by atoms with van der Waals surface area (Å²) in [6.45, 7) is 1.87. The van der Waals surface area contributed by atoms with Crippen LogP contribution in [-0.2, 0) is 10.0 Å². The highest BCUT2D eigenvalue weighted by molar-refractivity contribution is 9.11. The van der Waals surface area contributed by atoms with Gasteiger partial charge in [-0.05, 0) is 28.4 Å².